The van der Waals surface area contributed by atoms with Crippen molar-refractivity contribution >= 4 is 28.1 Å². The zero-order chi connectivity index (χ0) is 13.5. The molecule has 18 heavy (non-hydrogen) atoms. The molecule has 0 spiro atoms. The molecule has 0 atom stereocenters. The van der Waals surface area contributed by atoms with Crippen molar-refractivity contribution in [1.29, 1.82) is 0 Å². The van der Waals surface area contributed by atoms with Crippen molar-refractivity contribution in [2.24, 2.45) is 0 Å². The van der Waals surface area contributed by atoms with Crippen molar-refractivity contribution < 1.29 is 0 Å². The summed E-state index contributed by atoms with van der Waals surface area (Å²) in [5, 5.41) is 0. The van der Waals surface area contributed by atoms with Crippen molar-refractivity contribution in [3.8, 4) is 5.69 Å². The van der Waals surface area contributed by atoms with Crippen molar-refractivity contribution in [2.75, 3.05) is 0 Å². The number of hydrogen-bond acceptors (Lipinski definition) is 1. The lowest BCUT2D eigenvalue weighted by Crippen LogP contribution is -2.16. The van der Waals surface area contributed by atoms with Gasteiger partial charge in [0.1, 0.15) is 0 Å². The highest BCUT2D eigenvalue weighted by Gasteiger charge is 2.20. The SMILES string of the molecule is Cc1cc(-n2c(C(C)(C)C)c[nH]c2=S)ccc1Br. The predicted octanol–water partition coefficient (Wildman–Crippen LogP) is 4.90. The molecule has 1 aromatic heterocycles. The topological polar surface area (TPSA) is 20.7 Å². The largest absolute Gasteiger partial charge is 0.337 e. The van der Waals surface area contributed by atoms with Gasteiger partial charge in [-0.3, -0.25) is 4.57 Å². The number of rotatable bonds is 1. The van der Waals surface area contributed by atoms with Gasteiger partial charge in [0.15, 0.2) is 4.77 Å². The monoisotopic (exact) mass is 324 g/mol. The number of aromatic amines is 1. The zero-order valence-corrected chi connectivity index (χ0v) is 13.4. The van der Waals surface area contributed by atoms with Crippen molar-refractivity contribution in [3.05, 3.63) is 44.9 Å². The summed E-state index contributed by atoms with van der Waals surface area (Å²) in [6, 6.07) is 6.28. The molecule has 0 saturated heterocycles. The van der Waals surface area contributed by atoms with Gasteiger partial charge in [0, 0.05) is 27.5 Å². The van der Waals surface area contributed by atoms with E-state index < -0.39 is 0 Å². The maximum absolute atomic E-state index is 5.40. The molecule has 0 bridgehead atoms. The molecule has 1 aromatic carbocycles. The summed E-state index contributed by atoms with van der Waals surface area (Å²) in [6.07, 6.45) is 2.00. The van der Waals surface area contributed by atoms with Gasteiger partial charge in [-0.1, -0.05) is 36.7 Å². The van der Waals surface area contributed by atoms with E-state index in [0.717, 1.165) is 14.9 Å². The van der Waals surface area contributed by atoms with Crippen LogP contribution < -0.4 is 0 Å². The Hall–Kier alpha value is -0.870. The summed E-state index contributed by atoms with van der Waals surface area (Å²) in [6.45, 7) is 8.65. The van der Waals surface area contributed by atoms with Crippen LogP contribution in [0.1, 0.15) is 32.0 Å². The number of hydrogen-bond donors (Lipinski definition) is 1. The van der Waals surface area contributed by atoms with Gasteiger partial charge in [0.25, 0.3) is 0 Å². The Morgan fingerprint density at radius 2 is 1.94 bits per heavy atom. The number of aromatic nitrogens is 2. The van der Waals surface area contributed by atoms with Crippen molar-refractivity contribution in [2.45, 2.75) is 33.1 Å². The van der Waals surface area contributed by atoms with E-state index in [0.29, 0.717) is 0 Å². The first kappa shape index (κ1) is 13.6. The van der Waals surface area contributed by atoms with E-state index in [1.54, 1.807) is 0 Å². The fourth-order valence-electron chi connectivity index (χ4n) is 1.94. The van der Waals surface area contributed by atoms with E-state index in [4.69, 9.17) is 12.2 Å². The maximum Gasteiger partial charge on any atom is 0.182 e. The van der Waals surface area contributed by atoms with Crippen molar-refractivity contribution in [3.63, 3.8) is 0 Å². The molecule has 2 nitrogen and oxygen atoms in total. The number of nitrogens with one attached hydrogen (secondary N) is 1. The van der Waals surface area contributed by atoms with Crippen LogP contribution in [0.2, 0.25) is 0 Å². The molecule has 0 saturated carbocycles. The van der Waals surface area contributed by atoms with Gasteiger partial charge < -0.3 is 4.98 Å². The molecule has 0 aliphatic heterocycles. The second-order valence-electron chi connectivity index (χ2n) is 5.50. The van der Waals surface area contributed by atoms with Crippen LogP contribution in [-0.4, -0.2) is 9.55 Å². The van der Waals surface area contributed by atoms with Gasteiger partial charge in [-0.25, -0.2) is 0 Å². The average molecular weight is 325 g/mol. The fourth-order valence-corrected chi connectivity index (χ4v) is 2.45. The van der Waals surface area contributed by atoms with Crippen LogP contribution in [-0.2, 0) is 5.41 Å². The summed E-state index contributed by atoms with van der Waals surface area (Å²) < 4.78 is 3.96. The van der Waals surface area contributed by atoms with Crippen molar-refractivity contribution in [1.82, 2.24) is 9.55 Å². The summed E-state index contributed by atoms with van der Waals surface area (Å²) in [7, 11) is 0. The first-order valence-corrected chi connectivity index (χ1v) is 7.08. The maximum atomic E-state index is 5.40. The minimum absolute atomic E-state index is 0.0501. The number of nitrogens with zero attached hydrogens (tertiary/aromatic N) is 1. The molecule has 0 radical (unpaired) electrons. The number of aryl methyl sites for hydroxylation is 1. The first-order valence-electron chi connectivity index (χ1n) is 5.88. The number of H-pyrrole nitrogens is 1. The summed E-state index contributed by atoms with van der Waals surface area (Å²) in [5.74, 6) is 0. The van der Waals surface area contributed by atoms with Crippen LogP contribution in [0.15, 0.2) is 28.9 Å². The van der Waals surface area contributed by atoms with Crippen LogP contribution in [0, 0.1) is 11.7 Å². The normalized spacial score (nSPS) is 11.8. The molecule has 0 unspecified atom stereocenters. The van der Waals surface area contributed by atoms with Gasteiger partial charge in [-0.2, -0.15) is 0 Å². The van der Waals surface area contributed by atoms with E-state index in [2.05, 4.69) is 71.4 Å². The van der Waals surface area contributed by atoms with Crippen LogP contribution in [0.3, 0.4) is 0 Å². The molecular formula is C14H17BrN2S. The van der Waals surface area contributed by atoms with Gasteiger partial charge in [-0.15, -0.1) is 0 Å². The molecular weight excluding hydrogens is 308 g/mol. The van der Waals surface area contributed by atoms with Gasteiger partial charge in [0.2, 0.25) is 0 Å². The molecule has 0 amide bonds. The summed E-state index contributed by atoms with van der Waals surface area (Å²) in [4.78, 5) is 3.14. The van der Waals surface area contributed by atoms with Gasteiger partial charge in [0.05, 0.1) is 0 Å². The Balaban J connectivity index is 2.67. The second-order valence-corrected chi connectivity index (χ2v) is 6.74. The Morgan fingerprint density at radius 1 is 1.28 bits per heavy atom. The predicted molar refractivity (Wildman–Crippen MR) is 82.1 cm³/mol. The van der Waals surface area contributed by atoms with Gasteiger partial charge >= 0.3 is 0 Å². The Morgan fingerprint density at radius 3 is 2.50 bits per heavy atom. The van der Waals surface area contributed by atoms with E-state index >= 15 is 0 Å². The molecule has 0 fully saturated rings. The quantitative estimate of drug-likeness (QED) is 0.739. The van der Waals surface area contributed by atoms with Gasteiger partial charge in [-0.05, 0) is 42.9 Å². The van der Waals surface area contributed by atoms with Crippen LogP contribution >= 0.6 is 28.1 Å². The van der Waals surface area contributed by atoms with E-state index in [-0.39, 0.29) is 5.41 Å². The van der Waals surface area contributed by atoms with Crippen LogP contribution in [0.4, 0.5) is 0 Å². The molecule has 2 aromatic rings. The third-order valence-electron chi connectivity index (χ3n) is 2.94. The molecule has 0 aliphatic rings. The number of benzene rings is 1. The fraction of sp³-hybridized carbons (Fsp3) is 0.357. The Bertz CT molecular complexity index is 632. The molecule has 4 heteroatoms. The highest BCUT2D eigenvalue weighted by molar-refractivity contribution is 9.10. The highest BCUT2D eigenvalue weighted by Crippen LogP contribution is 2.27. The third-order valence-corrected chi connectivity index (χ3v) is 4.13. The number of imidazole rings is 1. The standard InChI is InChI=1S/C14H17BrN2S/c1-9-7-10(5-6-11(9)15)17-12(14(2,3)4)8-16-13(17)18/h5-8H,1-4H3,(H,16,18). The Kier molecular flexibility index (Phi) is 3.52. The minimum Gasteiger partial charge on any atom is -0.337 e. The lowest BCUT2D eigenvalue weighted by atomic mass is 9.92. The zero-order valence-electron chi connectivity index (χ0n) is 11.0. The molecule has 96 valence electrons. The molecule has 0 aliphatic carbocycles. The van der Waals surface area contributed by atoms with Crippen LogP contribution in [0.5, 0.6) is 0 Å². The highest BCUT2D eigenvalue weighted by atomic mass is 79.9. The lowest BCUT2D eigenvalue weighted by molar-refractivity contribution is 0.555. The average Bonchev–Trinajstić information content (AvgIpc) is 2.64. The second kappa shape index (κ2) is 4.67. The smallest absolute Gasteiger partial charge is 0.182 e. The Labute approximate surface area is 121 Å². The third kappa shape index (κ3) is 2.45. The van der Waals surface area contributed by atoms with E-state index in [1.807, 2.05) is 6.20 Å². The minimum atomic E-state index is 0.0501. The number of halogens is 1. The summed E-state index contributed by atoms with van der Waals surface area (Å²) in [5.41, 5.74) is 3.55. The molecule has 2 rings (SSSR count). The van der Waals surface area contributed by atoms with E-state index in [1.165, 1.54) is 11.3 Å². The summed E-state index contributed by atoms with van der Waals surface area (Å²) >= 11 is 8.92. The van der Waals surface area contributed by atoms with E-state index in [9.17, 15) is 0 Å². The first-order chi connectivity index (χ1) is 8.30. The molecule has 1 N–H and O–H groups in total. The lowest BCUT2D eigenvalue weighted by Gasteiger charge is -2.21. The van der Waals surface area contributed by atoms with Crippen LogP contribution in [0.25, 0.3) is 5.69 Å². The molecule has 1 heterocycles.